The molecule has 2 aromatic rings. The lowest BCUT2D eigenvalue weighted by atomic mass is 10.2. The van der Waals surface area contributed by atoms with Gasteiger partial charge in [0.25, 0.3) is 5.91 Å². The zero-order chi connectivity index (χ0) is 25.8. The van der Waals surface area contributed by atoms with Gasteiger partial charge in [-0.1, -0.05) is 0 Å². The van der Waals surface area contributed by atoms with E-state index in [-0.39, 0.29) is 50.7 Å². The van der Waals surface area contributed by atoms with E-state index in [4.69, 9.17) is 9.57 Å². The molecule has 2 aliphatic heterocycles. The number of amides is 4. The molecule has 2 fully saturated rings. The Morgan fingerprint density at radius 3 is 2.61 bits per heavy atom. The number of ether oxygens (including phenoxy) is 1. The van der Waals surface area contributed by atoms with Crippen LogP contribution in [0.15, 0.2) is 23.7 Å². The highest BCUT2D eigenvalue weighted by Crippen LogP contribution is 2.31. The first-order chi connectivity index (χ1) is 17.2. The average molecular weight is 532 g/mol. The number of alkyl halides is 2. The van der Waals surface area contributed by atoms with Gasteiger partial charge < -0.3 is 15.0 Å². The number of cyclic esters (lactones) is 1. The van der Waals surface area contributed by atoms with Gasteiger partial charge in [-0.2, -0.15) is 8.78 Å². The summed E-state index contributed by atoms with van der Waals surface area (Å²) in [5.41, 5.74) is -0.505. The van der Waals surface area contributed by atoms with Gasteiger partial charge in [0.1, 0.15) is 11.8 Å². The number of halogens is 4. The molecule has 4 amide bonds. The Hall–Kier alpha value is -3.66. The van der Waals surface area contributed by atoms with Gasteiger partial charge in [0.2, 0.25) is 0 Å². The van der Waals surface area contributed by atoms with Crippen LogP contribution in [0, 0.1) is 11.6 Å². The summed E-state index contributed by atoms with van der Waals surface area (Å²) in [5.74, 6) is -3.45. The summed E-state index contributed by atoms with van der Waals surface area (Å²) in [6.45, 7) is -0.489. The lowest BCUT2D eigenvalue weighted by Gasteiger charge is -2.24. The van der Waals surface area contributed by atoms with E-state index in [1.54, 1.807) is 5.38 Å². The fourth-order valence-electron chi connectivity index (χ4n) is 3.61. The molecule has 16 heteroatoms. The van der Waals surface area contributed by atoms with Crippen molar-refractivity contribution in [3.05, 3.63) is 35.3 Å². The topological polar surface area (TPSA) is 116 Å². The molecule has 0 spiro atoms. The third kappa shape index (κ3) is 5.76. The monoisotopic (exact) mass is 532 g/mol. The van der Waals surface area contributed by atoms with Crippen LogP contribution in [-0.2, 0) is 14.4 Å². The molecule has 2 saturated heterocycles. The summed E-state index contributed by atoms with van der Waals surface area (Å²) in [5, 5.41) is 7.58. The predicted molar refractivity (Wildman–Crippen MR) is 119 cm³/mol. The van der Waals surface area contributed by atoms with Gasteiger partial charge in [0.05, 0.1) is 31.9 Å². The highest BCUT2D eigenvalue weighted by molar-refractivity contribution is 7.13. The zero-order valence-electron chi connectivity index (χ0n) is 18.5. The van der Waals surface area contributed by atoms with Crippen LogP contribution in [0.25, 0.3) is 0 Å². The van der Waals surface area contributed by atoms with E-state index in [0.717, 1.165) is 22.1 Å². The van der Waals surface area contributed by atoms with Crippen molar-refractivity contribution in [2.45, 2.75) is 12.5 Å². The second kappa shape index (κ2) is 10.9. The number of urea groups is 1. The molecule has 0 bridgehead atoms. The molecule has 3 heterocycles. The number of aromatic nitrogens is 1. The summed E-state index contributed by atoms with van der Waals surface area (Å²) in [6, 6.07) is 1.31. The van der Waals surface area contributed by atoms with Crippen LogP contribution in [0.4, 0.5) is 43.7 Å². The Labute approximate surface area is 205 Å². The fourth-order valence-corrected chi connectivity index (χ4v) is 4.13. The van der Waals surface area contributed by atoms with E-state index in [2.05, 4.69) is 10.3 Å². The Morgan fingerprint density at radius 2 is 1.94 bits per heavy atom. The molecule has 194 valence electrons. The van der Waals surface area contributed by atoms with Crippen molar-refractivity contribution in [1.29, 1.82) is 0 Å². The number of hydroxylamine groups is 2. The minimum atomic E-state index is -3.22. The van der Waals surface area contributed by atoms with Crippen molar-refractivity contribution >= 4 is 45.9 Å². The van der Waals surface area contributed by atoms with E-state index in [1.807, 2.05) is 5.32 Å². The molecule has 36 heavy (non-hydrogen) atoms. The SMILES string of the molecule is O=C(NC[C@H]1CN(c2cc(F)c(N3CCON(C(=O)Nc4nccs4)CC3)c(F)c2)C(=O)O1)C(F)F. The molecule has 1 aromatic heterocycles. The van der Waals surface area contributed by atoms with Gasteiger partial charge in [-0.3, -0.25) is 19.8 Å². The van der Waals surface area contributed by atoms with Crippen LogP contribution in [0.1, 0.15) is 0 Å². The van der Waals surface area contributed by atoms with Gasteiger partial charge in [-0.15, -0.1) is 11.3 Å². The predicted octanol–water partition coefficient (Wildman–Crippen LogP) is 2.41. The van der Waals surface area contributed by atoms with Crippen LogP contribution in [0.5, 0.6) is 0 Å². The summed E-state index contributed by atoms with van der Waals surface area (Å²) in [4.78, 5) is 47.2. The van der Waals surface area contributed by atoms with Crippen molar-refractivity contribution in [3.8, 4) is 0 Å². The van der Waals surface area contributed by atoms with Gasteiger partial charge in [-0.05, 0) is 0 Å². The Bertz CT molecular complexity index is 1100. The summed E-state index contributed by atoms with van der Waals surface area (Å²) in [7, 11) is 0. The number of nitrogens with one attached hydrogen (secondary N) is 2. The van der Waals surface area contributed by atoms with Crippen LogP contribution < -0.4 is 20.4 Å². The number of benzene rings is 1. The highest BCUT2D eigenvalue weighted by Gasteiger charge is 2.34. The van der Waals surface area contributed by atoms with Gasteiger partial charge in [-0.25, -0.2) is 28.4 Å². The minimum absolute atomic E-state index is 0.00229. The number of hydrogen-bond acceptors (Lipinski definition) is 8. The van der Waals surface area contributed by atoms with Gasteiger partial charge in [0.15, 0.2) is 16.8 Å². The smallest absolute Gasteiger partial charge is 0.414 e. The number of carbonyl (C=O) groups is 3. The molecule has 0 radical (unpaired) electrons. The molecule has 1 atom stereocenters. The first-order valence-corrected chi connectivity index (χ1v) is 11.5. The normalized spacial score (nSPS) is 18.3. The molecule has 2 aliphatic rings. The minimum Gasteiger partial charge on any atom is -0.442 e. The van der Waals surface area contributed by atoms with Crippen molar-refractivity contribution in [3.63, 3.8) is 0 Å². The van der Waals surface area contributed by atoms with E-state index < -0.39 is 42.2 Å². The molecule has 4 rings (SSSR count). The third-order valence-electron chi connectivity index (χ3n) is 5.26. The Kier molecular flexibility index (Phi) is 7.73. The second-order valence-corrected chi connectivity index (χ2v) is 8.50. The van der Waals surface area contributed by atoms with Gasteiger partial charge in [0, 0.05) is 36.8 Å². The zero-order valence-corrected chi connectivity index (χ0v) is 19.3. The van der Waals surface area contributed by atoms with Gasteiger partial charge >= 0.3 is 18.5 Å². The molecular formula is C20H20F4N6O5S. The van der Waals surface area contributed by atoms with Crippen molar-refractivity contribution < 1.29 is 41.5 Å². The second-order valence-electron chi connectivity index (χ2n) is 7.61. The Morgan fingerprint density at radius 1 is 1.19 bits per heavy atom. The number of thiazole rings is 1. The lowest BCUT2D eigenvalue weighted by molar-refractivity contribution is -0.132. The lowest BCUT2D eigenvalue weighted by Crippen LogP contribution is -2.37. The first kappa shape index (κ1) is 25.4. The Balaban J connectivity index is 1.40. The quantitative estimate of drug-likeness (QED) is 0.549. The van der Waals surface area contributed by atoms with E-state index in [0.29, 0.717) is 5.13 Å². The number of nitrogens with zero attached hydrogens (tertiary/aromatic N) is 4. The standard InChI is InChI=1S/C20H20F4N6O5S/c21-13-7-11(29-10-12(35-20(29)33)9-26-17(31)16(23)24)8-14(22)15(13)28-2-3-30(34-5-4-28)19(32)27-18-25-1-6-36-18/h1,6-8,12,16H,2-5,9-10H2,(H,26,31)(H,25,27,32)/t12-/m0/s1. The summed E-state index contributed by atoms with van der Waals surface area (Å²) >= 11 is 1.22. The van der Waals surface area contributed by atoms with Crippen LogP contribution in [0.2, 0.25) is 0 Å². The van der Waals surface area contributed by atoms with Crippen molar-refractivity contribution in [2.75, 3.05) is 54.4 Å². The fraction of sp³-hybridized carbons (Fsp3) is 0.400. The van der Waals surface area contributed by atoms with Crippen LogP contribution in [0.3, 0.4) is 0 Å². The number of carbonyl (C=O) groups excluding carboxylic acids is 3. The maximum Gasteiger partial charge on any atom is 0.414 e. The maximum atomic E-state index is 15.0. The van der Waals surface area contributed by atoms with E-state index >= 15 is 8.78 Å². The summed E-state index contributed by atoms with van der Waals surface area (Å²) in [6.07, 6.45) is -3.62. The molecule has 0 saturated carbocycles. The number of rotatable bonds is 6. The third-order valence-corrected chi connectivity index (χ3v) is 5.95. The van der Waals surface area contributed by atoms with Crippen molar-refractivity contribution in [2.24, 2.45) is 0 Å². The average Bonchev–Trinajstić information content (AvgIpc) is 3.40. The largest absolute Gasteiger partial charge is 0.442 e. The number of hydrogen-bond donors (Lipinski definition) is 2. The first-order valence-electron chi connectivity index (χ1n) is 10.6. The number of anilines is 3. The maximum absolute atomic E-state index is 15.0. The highest BCUT2D eigenvalue weighted by atomic mass is 32.1. The molecule has 0 unspecified atom stereocenters. The molecule has 0 aliphatic carbocycles. The summed E-state index contributed by atoms with van der Waals surface area (Å²) < 4.78 is 59.6. The molecule has 11 nitrogen and oxygen atoms in total. The molecular weight excluding hydrogens is 512 g/mol. The van der Waals surface area contributed by atoms with E-state index in [1.165, 1.54) is 22.4 Å². The van der Waals surface area contributed by atoms with Crippen molar-refractivity contribution in [1.82, 2.24) is 15.4 Å². The molecule has 1 aromatic carbocycles. The van der Waals surface area contributed by atoms with Crippen LogP contribution >= 0.6 is 11.3 Å². The molecule has 2 N–H and O–H groups in total. The van der Waals surface area contributed by atoms with Crippen LogP contribution in [-0.4, -0.2) is 79.9 Å². The van der Waals surface area contributed by atoms with E-state index in [9.17, 15) is 23.2 Å².